The maximum atomic E-state index is 6.12. The van der Waals surface area contributed by atoms with Crippen LogP contribution < -0.4 is 15.4 Å². The van der Waals surface area contributed by atoms with Gasteiger partial charge in [0.2, 0.25) is 0 Å². The Morgan fingerprint density at radius 2 is 2.00 bits per heavy atom. The molecule has 1 aromatic carbocycles. The first-order chi connectivity index (χ1) is 15.3. The van der Waals surface area contributed by atoms with Gasteiger partial charge in [0.15, 0.2) is 5.96 Å². The number of ether oxygens (including phenoxy) is 2. The highest BCUT2D eigenvalue weighted by molar-refractivity contribution is 14.0. The molecule has 0 spiro atoms. The Hall–Kier alpha value is -1.10. The second-order valence-corrected chi connectivity index (χ2v) is 8.85. The fourth-order valence-corrected chi connectivity index (χ4v) is 5.14. The molecule has 7 nitrogen and oxygen atoms in total. The number of methoxy groups -OCH3 is 1. The van der Waals surface area contributed by atoms with Gasteiger partial charge in [-0.2, -0.15) is 0 Å². The SMILES string of the molecule is CCNC(=NCC(c1ccccc1OC)N1CCCC1)NCC1CN2CCCC2CO1.I. The number of benzene rings is 1. The van der Waals surface area contributed by atoms with Crippen LogP contribution in [0.15, 0.2) is 29.3 Å². The zero-order valence-electron chi connectivity index (χ0n) is 19.6. The summed E-state index contributed by atoms with van der Waals surface area (Å²) >= 11 is 0. The van der Waals surface area contributed by atoms with Crippen LogP contribution in [-0.4, -0.2) is 87.4 Å². The Bertz CT molecular complexity index is 728. The number of hydrogen-bond acceptors (Lipinski definition) is 5. The van der Waals surface area contributed by atoms with E-state index in [0.717, 1.165) is 51.0 Å². The van der Waals surface area contributed by atoms with E-state index >= 15 is 0 Å². The zero-order valence-corrected chi connectivity index (χ0v) is 21.9. The largest absolute Gasteiger partial charge is 0.496 e. The monoisotopic (exact) mass is 557 g/mol. The van der Waals surface area contributed by atoms with Crippen molar-refractivity contribution in [2.75, 3.05) is 59.5 Å². The lowest BCUT2D eigenvalue weighted by Crippen LogP contribution is -2.51. The fourth-order valence-electron chi connectivity index (χ4n) is 5.14. The average molecular weight is 558 g/mol. The van der Waals surface area contributed by atoms with Crippen LogP contribution in [0.2, 0.25) is 0 Å². The molecule has 0 aromatic heterocycles. The maximum Gasteiger partial charge on any atom is 0.191 e. The molecule has 2 N–H and O–H groups in total. The number of para-hydroxylation sites is 1. The predicted molar refractivity (Wildman–Crippen MR) is 140 cm³/mol. The van der Waals surface area contributed by atoms with Crippen molar-refractivity contribution in [2.24, 2.45) is 4.99 Å². The predicted octanol–water partition coefficient (Wildman–Crippen LogP) is 2.87. The molecule has 8 heteroatoms. The van der Waals surface area contributed by atoms with Crippen LogP contribution in [0, 0.1) is 0 Å². The van der Waals surface area contributed by atoms with E-state index in [9.17, 15) is 0 Å². The van der Waals surface area contributed by atoms with Crippen LogP contribution in [0.1, 0.15) is 44.2 Å². The first-order valence-corrected chi connectivity index (χ1v) is 12.0. The van der Waals surface area contributed by atoms with E-state index in [1.165, 1.54) is 37.8 Å². The first-order valence-electron chi connectivity index (χ1n) is 12.0. The molecular weight excluding hydrogens is 517 g/mol. The van der Waals surface area contributed by atoms with E-state index in [-0.39, 0.29) is 36.1 Å². The molecule has 3 saturated heterocycles. The molecule has 3 fully saturated rings. The van der Waals surface area contributed by atoms with Gasteiger partial charge in [0.25, 0.3) is 0 Å². The lowest BCUT2D eigenvalue weighted by Gasteiger charge is -2.35. The van der Waals surface area contributed by atoms with Crippen molar-refractivity contribution in [3.8, 4) is 5.75 Å². The summed E-state index contributed by atoms with van der Waals surface area (Å²) in [4.78, 5) is 10.1. The molecule has 0 aliphatic carbocycles. The summed E-state index contributed by atoms with van der Waals surface area (Å²) in [6.07, 6.45) is 5.32. The number of rotatable bonds is 8. The number of aliphatic imine (C=N–C) groups is 1. The quantitative estimate of drug-likeness (QED) is 0.291. The minimum atomic E-state index is 0. The second-order valence-electron chi connectivity index (χ2n) is 8.85. The number of hydrogen-bond donors (Lipinski definition) is 2. The summed E-state index contributed by atoms with van der Waals surface area (Å²) in [5, 5.41) is 6.95. The van der Waals surface area contributed by atoms with E-state index in [1.54, 1.807) is 7.11 Å². The number of morpholine rings is 1. The lowest BCUT2D eigenvalue weighted by molar-refractivity contribution is -0.0453. The van der Waals surface area contributed by atoms with Gasteiger partial charge in [-0.1, -0.05) is 18.2 Å². The molecular formula is C24H40IN5O2. The van der Waals surface area contributed by atoms with E-state index in [2.05, 4.69) is 45.6 Å². The van der Waals surface area contributed by atoms with E-state index in [1.807, 2.05) is 6.07 Å². The van der Waals surface area contributed by atoms with Gasteiger partial charge in [-0.15, -0.1) is 24.0 Å². The molecule has 0 saturated carbocycles. The van der Waals surface area contributed by atoms with E-state index in [4.69, 9.17) is 14.5 Å². The minimum absolute atomic E-state index is 0. The zero-order chi connectivity index (χ0) is 21.5. The number of guanidine groups is 1. The third-order valence-electron chi connectivity index (χ3n) is 6.80. The number of likely N-dealkylation sites (tertiary alicyclic amines) is 1. The van der Waals surface area contributed by atoms with Crippen molar-refractivity contribution >= 4 is 29.9 Å². The molecule has 3 heterocycles. The van der Waals surface area contributed by atoms with Gasteiger partial charge in [0.1, 0.15) is 5.75 Å². The van der Waals surface area contributed by atoms with Gasteiger partial charge in [-0.3, -0.25) is 14.8 Å². The van der Waals surface area contributed by atoms with Gasteiger partial charge in [0.05, 0.1) is 32.4 Å². The smallest absolute Gasteiger partial charge is 0.191 e. The summed E-state index contributed by atoms with van der Waals surface area (Å²) in [5.74, 6) is 1.82. The van der Waals surface area contributed by atoms with Crippen LogP contribution in [-0.2, 0) is 4.74 Å². The topological polar surface area (TPSA) is 61.4 Å². The van der Waals surface area contributed by atoms with Gasteiger partial charge >= 0.3 is 0 Å². The molecule has 0 amide bonds. The van der Waals surface area contributed by atoms with E-state index in [0.29, 0.717) is 12.6 Å². The highest BCUT2D eigenvalue weighted by Crippen LogP contribution is 2.32. The van der Waals surface area contributed by atoms with Crippen molar-refractivity contribution in [3.63, 3.8) is 0 Å². The van der Waals surface area contributed by atoms with Crippen molar-refractivity contribution in [1.82, 2.24) is 20.4 Å². The standard InChI is InChI=1S/C24H39N5O2.HI/c1-3-25-24(26-15-20-17-29-14-8-9-19(29)18-31-20)27-16-22(28-12-6-7-13-28)21-10-4-5-11-23(21)30-2;/h4-5,10-11,19-20,22H,3,6-9,12-18H2,1-2H3,(H2,25,26,27);1H. The van der Waals surface area contributed by atoms with Crippen molar-refractivity contribution in [3.05, 3.63) is 29.8 Å². The van der Waals surface area contributed by atoms with Crippen LogP contribution in [0.4, 0.5) is 0 Å². The molecule has 0 bridgehead atoms. The maximum absolute atomic E-state index is 6.12. The minimum Gasteiger partial charge on any atom is -0.496 e. The van der Waals surface area contributed by atoms with Gasteiger partial charge in [-0.05, 0) is 58.3 Å². The summed E-state index contributed by atoms with van der Waals surface area (Å²) < 4.78 is 11.8. The molecule has 1 aromatic rings. The van der Waals surface area contributed by atoms with Crippen molar-refractivity contribution in [1.29, 1.82) is 0 Å². The Balaban J connectivity index is 0.00000289. The average Bonchev–Trinajstić information content (AvgIpc) is 3.49. The number of nitrogens with one attached hydrogen (secondary N) is 2. The number of fused-ring (bicyclic) bond motifs is 1. The van der Waals surface area contributed by atoms with Gasteiger partial charge in [0, 0.05) is 31.2 Å². The highest BCUT2D eigenvalue weighted by atomic mass is 127. The van der Waals surface area contributed by atoms with Gasteiger partial charge in [-0.25, -0.2) is 0 Å². The molecule has 3 aliphatic heterocycles. The van der Waals surface area contributed by atoms with Crippen LogP contribution in [0.5, 0.6) is 5.75 Å². The normalized spacial score (nSPS) is 25.1. The Morgan fingerprint density at radius 3 is 2.78 bits per heavy atom. The molecule has 0 radical (unpaired) electrons. The van der Waals surface area contributed by atoms with Gasteiger partial charge < -0.3 is 20.1 Å². The molecule has 3 unspecified atom stereocenters. The Morgan fingerprint density at radius 1 is 1.19 bits per heavy atom. The molecule has 3 atom stereocenters. The Kier molecular flexibility index (Phi) is 10.3. The third-order valence-corrected chi connectivity index (χ3v) is 6.80. The van der Waals surface area contributed by atoms with Crippen LogP contribution in [0.3, 0.4) is 0 Å². The second kappa shape index (κ2) is 13.0. The van der Waals surface area contributed by atoms with Crippen molar-refractivity contribution in [2.45, 2.75) is 50.8 Å². The summed E-state index contributed by atoms with van der Waals surface area (Å²) in [6.45, 7) is 9.79. The van der Waals surface area contributed by atoms with Crippen LogP contribution >= 0.6 is 24.0 Å². The molecule has 4 rings (SSSR count). The Labute approximate surface area is 210 Å². The summed E-state index contributed by atoms with van der Waals surface area (Å²) in [6, 6.07) is 9.23. The summed E-state index contributed by atoms with van der Waals surface area (Å²) in [5.41, 5.74) is 1.22. The highest BCUT2D eigenvalue weighted by Gasteiger charge is 2.32. The van der Waals surface area contributed by atoms with Crippen molar-refractivity contribution < 1.29 is 9.47 Å². The summed E-state index contributed by atoms with van der Waals surface area (Å²) in [7, 11) is 1.75. The fraction of sp³-hybridized carbons (Fsp3) is 0.708. The van der Waals surface area contributed by atoms with Crippen LogP contribution in [0.25, 0.3) is 0 Å². The molecule has 3 aliphatic rings. The molecule has 180 valence electrons. The van der Waals surface area contributed by atoms with E-state index < -0.39 is 0 Å². The third kappa shape index (κ3) is 6.48. The number of nitrogens with zero attached hydrogens (tertiary/aromatic N) is 3. The lowest BCUT2D eigenvalue weighted by atomic mass is 10.0. The first kappa shape index (κ1) is 25.5. The number of halogens is 1. The molecule has 32 heavy (non-hydrogen) atoms.